The van der Waals surface area contributed by atoms with Gasteiger partial charge in [-0.3, -0.25) is 4.99 Å². The number of hydrogen-bond donors (Lipinski definition) is 2. The van der Waals surface area contributed by atoms with E-state index in [9.17, 15) is 0 Å². The molecule has 0 spiro atoms. The Morgan fingerprint density at radius 3 is 1.94 bits per heavy atom. The molecule has 7 heteroatoms. The molecule has 0 aliphatic carbocycles. The van der Waals surface area contributed by atoms with E-state index >= 15 is 0 Å². The first-order valence-electron chi connectivity index (χ1n) is 9.80. The molecule has 3 rings (SSSR count). The summed E-state index contributed by atoms with van der Waals surface area (Å²) < 4.78 is 10.4. The van der Waals surface area contributed by atoms with Gasteiger partial charge in [-0.1, -0.05) is 24.3 Å². The molecule has 31 heavy (non-hydrogen) atoms. The van der Waals surface area contributed by atoms with Gasteiger partial charge in [-0.05, 0) is 59.7 Å². The van der Waals surface area contributed by atoms with Crippen LogP contribution in [-0.2, 0) is 11.5 Å². The van der Waals surface area contributed by atoms with Crippen molar-refractivity contribution < 1.29 is 9.47 Å². The van der Waals surface area contributed by atoms with Gasteiger partial charge in [0, 0.05) is 17.2 Å². The second kappa shape index (κ2) is 12.3. The highest BCUT2D eigenvalue weighted by molar-refractivity contribution is 8.11. The lowest BCUT2D eigenvalue weighted by molar-refractivity contribution is 0.414. The maximum absolute atomic E-state index is 6.21. The number of aliphatic imine (C=N–C) groups is 1. The third-order valence-corrected chi connectivity index (χ3v) is 6.18. The summed E-state index contributed by atoms with van der Waals surface area (Å²) in [6.45, 7) is 0. The van der Waals surface area contributed by atoms with Crippen molar-refractivity contribution in [1.29, 1.82) is 0 Å². The zero-order chi connectivity index (χ0) is 21.9. The number of nitrogens with zero attached hydrogens (tertiary/aromatic N) is 1. The van der Waals surface area contributed by atoms with E-state index in [2.05, 4.69) is 34.6 Å². The fraction of sp³-hybridized carbons (Fsp3) is 0.208. The molecule has 0 aromatic heterocycles. The number of methoxy groups -OCH3 is 2. The van der Waals surface area contributed by atoms with Gasteiger partial charge in [-0.15, -0.1) is 23.5 Å². The van der Waals surface area contributed by atoms with Crippen molar-refractivity contribution in [3.8, 4) is 11.5 Å². The van der Waals surface area contributed by atoms with Gasteiger partial charge >= 0.3 is 0 Å². The van der Waals surface area contributed by atoms with Crippen molar-refractivity contribution in [2.24, 2.45) is 10.7 Å². The topological polar surface area (TPSA) is 68.9 Å². The highest BCUT2D eigenvalue weighted by atomic mass is 32.2. The van der Waals surface area contributed by atoms with Crippen molar-refractivity contribution >= 4 is 40.4 Å². The zero-order valence-corrected chi connectivity index (χ0v) is 19.3. The summed E-state index contributed by atoms with van der Waals surface area (Å²) in [6.07, 6.45) is 0. The number of hydrogen-bond acceptors (Lipinski definition) is 7. The van der Waals surface area contributed by atoms with Crippen molar-refractivity contribution in [2.45, 2.75) is 17.0 Å². The van der Waals surface area contributed by atoms with Crippen LogP contribution in [0.15, 0.2) is 77.8 Å². The van der Waals surface area contributed by atoms with Crippen LogP contribution >= 0.6 is 23.5 Å². The van der Waals surface area contributed by atoms with E-state index in [0.717, 1.165) is 34.4 Å². The minimum Gasteiger partial charge on any atom is -0.497 e. The van der Waals surface area contributed by atoms with Crippen LogP contribution in [0.3, 0.4) is 0 Å². The van der Waals surface area contributed by atoms with Crippen LogP contribution in [-0.4, -0.2) is 25.3 Å². The molecule has 0 bridgehead atoms. The summed E-state index contributed by atoms with van der Waals surface area (Å²) in [5.74, 6) is 3.42. The predicted octanol–water partition coefficient (Wildman–Crippen LogP) is 5.88. The van der Waals surface area contributed by atoms with Crippen LogP contribution in [0.4, 0.5) is 11.4 Å². The van der Waals surface area contributed by atoms with E-state index in [4.69, 9.17) is 15.2 Å². The average Bonchev–Trinajstić information content (AvgIpc) is 2.82. The molecule has 3 aromatic carbocycles. The van der Waals surface area contributed by atoms with Gasteiger partial charge in [0.15, 0.2) is 0 Å². The van der Waals surface area contributed by atoms with Crippen LogP contribution in [0.25, 0.3) is 0 Å². The molecule has 0 aliphatic heterocycles. The fourth-order valence-corrected chi connectivity index (χ4v) is 4.15. The number of ether oxygens (including phenoxy) is 2. The summed E-state index contributed by atoms with van der Waals surface area (Å²) in [5.41, 5.74) is 12.2. The molecule has 0 aliphatic rings. The van der Waals surface area contributed by atoms with Crippen LogP contribution in [0, 0.1) is 0 Å². The number of thioether (sulfide) groups is 2. The Balaban J connectivity index is 1.40. The highest BCUT2D eigenvalue weighted by Crippen LogP contribution is 2.22. The Hall–Kier alpha value is -2.61. The molecule has 0 radical (unpaired) electrons. The van der Waals surface area contributed by atoms with Crippen LogP contribution < -0.4 is 20.5 Å². The molecular formula is C24H27N3O2S2. The Morgan fingerprint density at radius 1 is 0.839 bits per heavy atom. The lowest BCUT2D eigenvalue weighted by Crippen LogP contribution is -2.25. The second-order valence-corrected chi connectivity index (χ2v) is 8.63. The third-order valence-electron chi connectivity index (χ3n) is 4.45. The van der Waals surface area contributed by atoms with E-state index in [1.54, 1.807) is 37.7 Å². The van der Waals surface area contributed by atoms with Gasteiger partial charge in [0.05, 0.1) is 25.5 Å². The van der Waals surface area contributed by atoms with Crippen LogP contribution in [0.1, 0.15) is 11.1 Å². The third kappa shape index (κ3) is 7.86. The van der Waals surface area contributed by atoms with E-state index in [1.165, 1.54) is 11.1 Å². The average molecular weight is 454 g/mol. The van der Waals surface area contributed by atoms with Gasteiger partial charge in [-0.25, -0.2) is 0 Å². The Morgan fingerprint density at radius 2 is 1.39 bits per heavy atom. The van der Waals surface area contributed by atoms with Gasteiger partial charge in [0.1, 0.15) is 17.0 Å². The highest BCUT2D eigenvalue weighted by Gasteiger charge is 2.04. The molecule has 1 unspecified atom stereocenters. The summed E-state index contributed by atoms with van der Waals surface area (Å²) >= 11 is 3.30. The fourth-order valence-electron chi connectivity index (χ4n) is 2.71. The monoisotopic (exact) mass is 453 g/mol. The Bertz CT molecular complexity index is 946. The molecule has 0 saturated carbocycles. The molecule has 1 atom stereocenters. The smallest absolute Gasteiger partial charge is 0.123 e. The SMILES string of the molecule is COc1ccc(CSC=Nc2ccc(NC(N)SCc3ccc(OC)cc3)cc2)cc1. The number of anilines is 1. The molecule has 0 saturated heterocycles. The first-order valence-corrected chi connectivity index (χ1v) is 11.9. The van der Waals surface area contributed by atoms with Gasteiger partial charge in [-0.2, -0.15) is 0 Å². The molecule has 0 amide bonds. The second-order valence-electron chi connectivity index (χ2n) is 6.66. The summed E-state index contributed by atoms with van der Waals surface area (Å²) in [4.78, 5) is 4.50. The molecule has 3 N–H and O–H groups in total. The van der Waals surface area contributed by atoms with E-state index in [-0.39, 0.29) is 5.50 Å². The maximum Gasteiger partial charge on any atom is 0.123 e. The number of nitrogens with one attached hydrogen (secondary N) is 1. The van der Waals surface area contributed by atoms with E-state index in [1.807, 2.05) is 54.1 Å². The predicted molar refractivity (Wildman–Crippen MR) is 135 cm³/mol. The Labute approximate surface area is 192 Å². The minimum atomic E-state index is -0.198. The van der Waals surface area contributed by atoms with Crippen molar-refractivity contribution in [3.05, 3.63) is 83.9 Å². The largest absolute Gasteiger partial charge is 0.497 e. The van der Waals surface area contributed by atoms with Gasteiger partial charge in [0.25, 0.3) is 0 Å². The molecular weight excluding hydrogens is 426 g/mol. The molecule has 162 valence electrons. The number of rotatable bonds is 11. The molecule has 5 nitrogen and oxygen atoms in total. The summed E-state index contributed by atoms with van der Waals surface area (Å²) in [5, 5.41) is 3.31. The quantitative estimate of drug-likeness (QED) is 0.214. The first kappa shape index (κ1) is 23.1. The van der Waals surface area contributed by atoms with Gasteiger partial charge in [0.2, 0.25) is 0 Å². The van der Waals surface area contributed by atoms with Crippen LogP contribution in [0.2, 0.25) is 0 Å². The van der Waals surface area contributed by atoms with E-state index in [0.29, 0.717) is 0 Å². The maximum atomic E-state index is 6.21. The van der Waals surface area contributed by atoms with Crippen LogP contribution in [0.5, 0.6) is 11.5 Å². The van der Waals surface area contributed by atoms with Crippen molar-refractivity contribution in [2.75, 3.05) is 19.5 Å². The van der Waals surface area contributed by atoms with Crippen molar-refractivity contribution in [1.82, 2.24) is 0 Å². The lowest BCUT2D eigenvalue weighted by Gasteiger charge is -2.15. The van der Waals surface area contributed by atoms with Crippen molar-refractivity contribution in [3.63, 3.8) is 0 Å². The summed E-state index contributed by atoms with van der Waals surface area (Å²) in [7, 11) is 3.34. The number of nitrogens with two attached hydrogens (primary N) is 1. The molecule has 3 aromatic rings. The molecule has 0 fully saturated rings. The standard InChI is InChI=1S/C24H27N3O2S2/c1-28-22-11-3-18(4-12-22)15-30-17-26-20-7-9-21(10-8-20)27-24(25)31-16-19-5-13-23(29-2)14-6-19/h3-14,17,24,27H,15-16,25H2,1-2H3. The first-order chi connectivity index (χ1) is 15.2. The lowest BCUT2D eigenvalue weighted by atomic mass is 10.2. The normalized spacial score (nSPS) is 12.0. The molecule has 0 heterocycles. The minimum absolute atomic E-state index is 0.198. The zero-order valence-electron chi connectivity index (χ0n) is 17.7. The summed E-state index contributed by atoms with van der Waals surface area (Å²) in [6, 6.07) is 24.1. The van der Waals surface area contributed by atoms with E-state index < -0.39 is 0 Å². The Kier molecular flexibility index (Phi) is 9.15. The number of benzene rings is 3. The van der Waals surface area contributed by atoms with Gasteiger partial charge < -0.3 is 20.5 Å².